The normalized spacial score (nSPS) is 15.5. The van der Waals surface area contributed by atoms with Gasteiger partial charge in [-0.2, -0.15) is 0 Å². The molecule has 0 bridgehead atoms. The van der Waals surface area contributed by atoms with Crippen molar-refractivity contribution in [3.05, 3.63) is 59.7 Å². The van der Waals surface area contributed by atoms with Crippen LogP contribution in [-0.4, -0.2) is 48.3 Å². The highest BCUT2D eigenvalue weighted by atomic mass is 16.5. The van der Waals surface area contributed by atoms with Gasteiger partial charge in [0.2, 0.25) is 0 Å². The van der Waals surface area contributed by atoms with Crippen LogP contribution in [0.4, 0.5) is 16.2 Å². The molecule has 29 heavy (non-hydrogen) atoms. The molecule has 0 saturated carbocycles. The fourth-order valence-electron chi connectivity index (χ4n) is 3.37. The van der Waals surface area contributed by atoms with Gasteiger partial charge in [0.15, 0.2) is 0 Å². The van der Waals surface area contributed by atoms with Crippen molar-refractivity contribution in [1.82, 2.24) is 4.90 Å². The Bertz CT molecular complexity index is 832. The molecule has 0 aliphatic carbocycles. The Balaban J connectivity index is 1.54. The number of carbonyl (C=O) groups excluding carboxylic acids is 1. The summed E-state index contributed by atoms with van der Waals surface area (Å²) in [5.74, 6) is -0.840. The van der Waals surface area contributed by atoms with Crippen LogP contribution in [0.5, 0.6) is 0 Å². The molecule has 1 unspecified atom stereocenters. The van der Waals surface area contributed by atoms with Gasteiger partial charge in [-0.15, -0.1) is 0 Å². The number of rotatable bonds is 7. The highest BCUT2D eigenvalue weighted by Crippen LogP contribution is 2.23. The van der Waals surface area contributed by atoms with Crippen LogP contribution < -0.4 is 10.6 Å². The minimum absolute atomic E-state index is 0.0604. The second-order valence-corrected chi connectivity index (χ2v) is 7.12. The van der Waals surface area contributed by atoms with Gasteiger partial charge in [-0.3, -0.25) is 9.69 Å². The van der Waals surface area contributed by atoms with Gasteiger partial charge in [0.25, 0.3) is 0 Å². The number of morpholine rings is 1. The van der Waals surface area contributed by atoms with E-state index >= 15 is 0 Å². The average molecular weight is 397 g/mol. The second-order valence-electron chi connectivity index (χ2n) is 7.12. The van der Waals surface area contributed by atoms with Crippen LogP contribution in [-0.2, 0) is 16.0 Å². The van der Waals surface area contributed by atoms with Crippen molar-refractivity contribution in [2.45, 2.75) is 25.8 Å². The number of aliphatic carboxylic acids is 1. The van der Waals surface area contributed by atoms with E-state index < -0.39 is 5.97 Å². The van der Waals surface area contributed by atoms with E-state index in [1.54, 1.807) is 18.2 Å². The summed E-state index contributed by atoms with van der Waals surface area (Å²) in [6.45, 7) is 5.56. The number of nitrogens with zero attached hydrogens (tertiary/aromatic N) is 1. The van der Waals surface area contributed by atoms with Gasteiger partial charge >= 0.3 is 12.0 Å². The SMILES string of the molecule is CC(c1ccc(NC(=O)Nc2cccc(CCC(=O)O)c2)cc1)N1CCOCC1. The Morgan fingerprint density at radius 1 is 1.07 bits per heavy atom. The number of ether oxygens (including phenoxy) is 1. The lowest BCUT2D eigenvalue weighted by Gasteiger charge is -2.32. The molecule has 1 saturated heterocycles. The minimum atomic E-state index is -0.840. The smallest absolute Gasteiger partial charge is 0.323 e. The molecule has 1 fully saturated rings. The van der Waals surface area contributed by atoms with Crippen LogP contribution in [0.25, 0.3) is 0 Å². The molecule has 7 nitrogen and oxygen atoms in total. The summed E-state index contributed by atoms with van der Waals surface area (Å²) in [5, 5.41) is 14.4. The third kappa shape index (κ3) is 6.30. The van der Waals surface area contributed by atoms with E-state index in [4.69, 9.17) is 9.84 Å². The van der Waals surface area contributed by atoms with Gasteiger partial charge in [-0.25, -0.2) is 4.79 Å². The quantitative estimate of drug-likeness (QED) is 0.662. The van der Waals surface area contributed by atoms with Crippen LogP contribution in [0.3, 0.4) is 0 Å². The molecule has 2 aromatic rings. The first-order valence-electron chi connectivity index (χ1n) is 9.82. The maximum absolute atomic E-state index is 12.3. The van der Waals surface area contributed by atoms with Gasteiger partial charge in [-0.1, -0.05) is 24.3 Å². The fourth-order valence-corrected chi connectivity index (χ4v) is 3.37. The van der Waals surface area contributed by atoms with Gasteiger partial charge in [0.05, 0.1) is 13.2 Å². The van der Waals surface area contributed by atoms with E-state index in [2.05, 4.69) is 22.5 Å². The van der Waals surface area contributed by atoms with E-state index in [1.165, 1.54) is 5.56 Å². The molecule has 3 N–H and O–H groups in total. The van der Waals surface area contributed by atoms with Gasteiger partial charge < -0.3 is 20.5 Å². The standard InChI is InChI=1S/C22H27N3O4/c1-16(25-11-13-29-14-12-25)18-6-8-19(9-7-18)23-22(28)24-20-4-2-3-17(15-20)5-10-21(26)27/h2-4,6-9,15-16H,5,10-14H2,1H3,(H,26,27)(H2,23,24,28). The predicted octanol–water partition coefficient (Wildman–Crippen LogP) is 3.74. The first-order chi connectivity index (χ1) is 14.0. The van der Waals surface area contributed by atoms with Crippen molar-refractivity contribution in [3.63, 3.8) is 0 Å². The number of carboxylic acid groups (broad SMARTS) is 1. The van der Waals surface area contributed by atoms with Crippen LogP contribution in [0.1, 0.15) is 30.5 Å². The molecule has 1 aliphatic heterocycles. The number of urea groups is 1. The summed E-state index contributed by atoms with van der Waals surface area (Å²) in [6, 6.07) is 15.0. The zero-order valence-electron chi connectivity index (χ0n) is 16.6. The Morgan fingerprint density at radius 3 is 2.45 bits per heavy atom. The molecule has 1 atom stereocenters. The number of aryl methyl sites for hydroxylation is 1. The van der Waals surface area contributed by atoms with E-state index in [1.807, 2.05) is 30.3 Å². The van der Waals surface area contributed by atoms with E-state index in [-0.39, 0.29) is 12.5 Å². The van der Waals surface area contributed by atoms with Crippen LogP contribution in [0.15, 0.2) is 48.5 Å². The zero-order chi connectivity index (χ0) is 20.6. The average Bonchev–Trinajstić information content (AvgIpc) is 2.73. The Kier molecular flexibility index (Phi) is 7.21. The lowest BCUT2D eigenvalue weighted by Crippen LogP contribution is -2.38. The number of nitrogens with one attached hydrogen (secondary N) is 2. The van der Waals surface area contributed by atoms with Gasteiger partial charge in [0, 0.05) is 36.9 Å². The minimum Gasteiger partial charge on any atom is -0.481 e. The van der Waals surface area contributed by atoms with Crippen molar-refractivity contribution in [1.29, 1.82) is 0 Å². The molecule has 0 spiro atoms. The highest BCUT2D eigenvalue weighted by molar-refractivity contribution is 5.99. The molecule has 0 radical (unpaired) electrons. The summed E-state index contributed by atoms with van der Waals surface area (Å²) >= 11 is 0. The second kappa shape index (κ2) is 10.0. The maximum Gasteiger partial charge on any atom is 0.323 e. The maximum atomic E-state index is 12.3. The zero-order valence-corrected chi connectivity index (χ0v) is 16.6. The Hall–Kier alpha value is -2.90. The largest absolute Gasteiger partial charge is 0.481 e. The molecule has 2 aromatic carbocycles. The van der Waals surface area contributed by atoms with Crippen molar-refractivity contribution in [3.8, 4) is 0 Å². The molecule has 1 heterocycles. The molecule has 2 amide bonds. The van der Waals surface area contributed by atoms with Gasteiger partial charge in [0.1, 0.15) is 0 Å². The summed E-state index contributed by atoms with van der Waals surface area (Å²) in [4.78, 5) is 25.4. The first-order valence-corrected chi connectivity index (χ1v) is 9.82. The number of benzene rings is 2. The number of hydrogen-bond donors (Lipinski definition) is 3. The summed E-state index contributed by atoms with van der Waals surface area (Å²) in [6.07, 6.45) is 0.486. The summed E-state index contributed by atoms with van der Waals surface area (Å²) in [5.41, 5.74) is 3.40. The highest BCUT2D eigenvalue weighted by Gasteiger charge is 2.18. The van der Waals surface area contributed by atoms with Gasteiger partial charge in [-0.05, 0) is 48.7 Å². The predicted molar refractivity (Wildman–Crippen MR) is 112 cm³/mol. The number of amides is 2. The topological polar surface area (TPSA) is 90.9 Å². The Labute approximate surface area is 170 Å². The van der Waals surface area contributed by atoms with Crippen LogP contribution in [0, 0.1) is 0 Å². The van der Waals surface area contributed by atoms with Crippen molar-refractivity contribution in [2.24, 2.45) is 0 Å². The molecular formula is C22H27N3O4. The first kappa shape index (κ1) is 20.8. The Morgan fingerprint density at radius 2 is 1.76 bits per heavy atom. The van der Waals surface area contributed by atoms with E-state index in [0.717, 1.165) is 31.9 Å². The van der Waals surface area contributed by atoms with Crippen LogP contribution >= 0.6 is 0 Å². The number of anilines is 2. The number of carbonyl (C=O) groups is 2. The van der Waals surface area contributed by atoms with E-state index in [9.17, 15) is 9.59 Å². The monoisotopic (exact) mass is 397 g/mol. The molecule has 7 heteroatoms. The summed E-state index contributed by atoms with van der Waals surface area (Å²) < 4.78 is 5.41. The molecule has 1 aliphatic rings. The third-order valence-corrected chi connectivity index (χ3v) is 5.06. The van der Waals surface area contributed by atoms with Crippen molar-refractivity contribution in [2.75, 3.05) is 36.9 Å². The molecule has 3 rings (SSSR count). The molecular weight excluding hydrogens is 370 g/mol. The third-order valence-electron chi connectivity index (χ3n) is 5.06. The van der Waals surface area contributed by atoms with E-state index in [0.29, 0.717) is 23.8 Å². The number of carboxylic acids is 1. The lowest BCUT2D eigenvalue weighted by atomic mass is 10.1. The number of hydrogen-bond acceptors (Lipinski definition) is 4. The molecule has 0 aromatic heterocycles. The molecule has 154 valence electrons. The van der Waals surface area contributed by atoms with Crippen LogP contribution in [0.2, 0.25) is 0 Å². The lowest BCUT2D eigenvalue weighted by molar-refractivity contribution is -0.136. The summed E-state index contributed by atoms with van der Waals surface area (Å²) in [7, 11) is 0. The van der Waals surface area contributed by atoms with Crippen molar-refractivity contribution >= 4 is 23.4 Å². The fraction of sp³-hybridized carbons (Fsp3) is 0.364. The van der Waals surface area contributed by atoms with Crippen molar-refractivity contribution < 1.29 is 19.4 Å².